The summed E-state index contributed by atoms with van der Waals surface area (Å²) in [7, 11) is 1.63. The lowest BCUT2D eigenvalue weighted by atomic mass is 9.80. The summed E-state index contributed by atoms with van der Waals surface area (Å²) in [4.78, 5) is 26.8. The summed E-state index contributed by atoms with van der Waals surface area (Å²) in [6.07, 6.45) is 7.05. The highest BCUT2D eigenvalue weighted by molar-refractivity contribution is 6.32. The largest absolute Gasteiger partial charge is 0.490 e. The summed E-state index contributed by atoms with van der Waals surface area (Å²) in [5.74, 6) is 0.396. The van der Waals surface area contributed by atoms with Gasteiger partial charge in [-0.25, -0.2) is 4.79 Å². The monoisotopic (exact) mass is 421 g/mol. The molecule has 1 heterocycles. The number of benzene rings is 1. The topological polar surface area (TPSA) is 90.9 Å². The fourth-order valence-corrected chi connectivity index (χ4v) is 4.22. The van der Waals surface area contributed by atoms with Crippen molar-refractivity contribution < 1.29 is 19.4 Å². The van der Waals surface area contributed by atoms with Gasteiger partial charge in [-0.3, -0.25) is 4.79 Å². The van der Waals surface area contributed by atoms with Crippen molar-refractivity contribution in [2.75, 3.05) is 25.6 Å². The number of nitrogens with zero attached hydrogens (tertiary/aromatic N) is 1. The third-order valence-electron chi connectivity index (χ3n) is 5.53. The van der Waals surface area contributed by atoms with Gasteiger partial charge >= 0.3 is 6.03 Å². The number of ether oxygens (including phenoxy) is 1. The Bertz CT molecular complexity index is 805. The van der Waals surface area contributed by atoms with E-state index in [1.807, 2.05) is 6.92 Å². The van der Waals surface area contributed by atoms with Crippen molar-refractivity contribution in [1.82, 2.24) is 10.2 Å². The minimum absolute atomic E-state index is 0.113. The summed E-state index contributed by atoms with van der Waals surface area (Å²) in [5.41, 5.74) is 1.92. The Balaban J connectivity index is 1.83. The van der Waals surface area contributed by atoms with E-state index in [1.165, 1.54) is 11.3 Å². The molecule has 3 rings (SSSR count). The lowest BCUT2D eigenvalue weighted by Crippen LogP contribution is -2.52. The van der Waals surface area contributed by atoms with Crippen molar-refractivity contribution in [3.63, 3.8) is 0 Å². The second-order valence-electron chi connectivity index (χ2n) is 7.64. The van der Waals surface area contributed by atoms with Crippen LogP contribution in [-0.4, -0.2) is 48.2 Å². The van der Waals surface area contributed by atoms with Gasteiger partial charge in [0.15, 0.2) is 0 Å². The molecule has 7 nitrogen and oxygen atoms in total. The molecule has 3 amide bonds. The molecule has 0 aromatic heterocycles. The summed E-state index contributed by atoms with van der Waals surface area (Å²) < 4.78 is 5.44. The zero-order valence-corrected chi connectivity index (χ0v) is 17.6. The Morgan fingerprint density at radius 3 is 2.76 bits per heavy atom. The number of halogens is 1. The lowest BCUT2D eigenvalue weighted by Gasteiger charge is -2.36. The zero-order valence-electron chi connectivity index (χ0n) is 16.8. The summed E-state index contributed by atoms with van der Waals surface area (Å²) in [5, 5.41) is 15.3. The van der Waals surface area contributed by atoms with Crippen LogP contribution in [0.4, 0.5) is 10.5 Å². The number of urea groups is 1. The average Bonchev–Trinajstić information content (AvgIpc) is 2.71. The van der Waals surface area contributed by atoms with Crippen LogP contribution < -0.4 is 15.4 Å². The number of aliphatic hydroxyl groups excluding tert-OH is 1. The van der Waals surface area contributed by atoms with Crippen molar-refractivity contribution in [2.24, 2.45) is 5.92 Å². The van der Waals surface area contributed by atoms with Crippen molar-refractivity contribution in [1.29, 1.82) is 0 Å². The third-order valence-corrected chi connectivity index (χ3v) is 5.82. The molecule has 0 bridgehead atoms. The molecule has 1 aliphatic heterocycles. The van der Waals surface area contributed by atoms with Gasteiger partial charge in [0, 0.05) is 25.0 Å². The number of hydrogen-bond donors (Lipinski definition) is 3. The lowest BCUT2D eigenvalue weighted by molar-refractivity contribution is -0.113. The van der Waals surface area contributed by atoms with E-state index in [4.69, 9.17) is 21.4 Å². The molecular weight excluding hydrogens is 394 g/mol. The molecular formula is C21H28ClN3O4. The number of carbonyl (C=O) groups is 2. The van der Waals surface area contributed by atoms with E-state index in [9.17, 15) is 9.59 Å². The fraction of sp³-hybridized carbons (Fsp3) is 0.524. The van der Waals surface area contributed by atoms with Gasteiger partial charge in [0.25, 0.3) is 5.91 Å². The first-order valence-corrected chi connectivity index (χ1v) is 10.4. The Hall–Kier alpha value is -2.25. The molecule has 1 saturated carbocycles. The molecule has 29 heavy (non-hydrogen) atoms. The van der Waals surface area contributed by atoms with Crippen LogP contribution in [0.5, 0.6) is 5.75 Å². The first-order chi connectivity index (χ1) is 13.9. The standard InChI is InChI=1S/C21H28ClN3O4/c1-13-10-16(22)18(29-9-8-26)11-17(13)23-20(27)15-12-25(2)21(28)24-19(15)14-6-4-3-5-7-14/h10-12,14,19,26H,3-9H2,1-2H3,(H,23,27)(H,24,28). The molecule has 1 fully saturated rings. The number of nitrogens with one attached hydrogen (secondary N) is 2. The summed E-state index contributed by atoms with van der Waals surface area (Å²) in [6, 6.07) is 2.88. The summed E-state index contributed by atoms with van der Waals surface area (Å²) >= 11 is 6.20. The molecule has 8 heteroatoms. The SMILES string of the molecule is Cc1cc(Cl)c(OCCO)cc1NC(=O)C1=CN(C)C(=O)NC1C1CCCCC1. The van der Waals surface area contributed by atoms with Gasteiger partial charge in [-0.2, -0.15) is 0 Å². The highest BCUT2D eigenvalue weighted by Gasteiger charge is 2.35. The second-order valence-corrected chi connectivity index (χ2v) is 8.05. The van der Waals surface area contributed by atoms with E-state index in [0.29, 0.717) is 22.0 Å². The van der Waals surface area contributed by atoms with E-state index < -0.39 is 0 Å². The Morgan fingerprint density at radius 2 is 2.07 bits per heavy atom. The molecule has 1 aliphatic carbocycles. The first kappa shape index (κ1) is 21.5. The van der Waals surface area contributed by atoms with Crippen LogP contribution in [0.15, 0.2) is 23.9 Å². The average molecular weight is 422 g/mol. The van der Waals surface area contributed by atoms with Crippen LogP contribution in [-0.2, 0) is 4.79 Å². The van der Waals surface area contributed by atoms with Crippen molar-refractivity contribution in [2.45, 2.75) is 45.1 Å². The highest BCUT2D eigenvalue weighted by atomic mass is 35.5. The van der Waals surface area contributed by atoms with Gasteiger partial charge < -0.3 is 25.4 Å². The minimum Gasteiger partial charge on any atom is -0.490 e. The van der Waals surface area contributed by atoms with Crippen molar-refractivity contribution >= 4 is 29.2 Å². The van der Waals surface area contributed by atoms with Crippen molar-refractivity contribution in [3.8, 4) is 5.75 Å². The Labute approximate surface area is 176 Å². The van der Waals surface area contributed by atoms with Crippen LogP contribution in [0.1, 0.15) is 37.7 Å². The number of aliphatic hydroxyl groups is 1. The predicted octanol–water partition coefficient (Wildman–Crippen LogP) is 3.45. The fourth-order valence-electron chi connectivity index (χ4n) is 3.95. The van der Waals surface area contributed by atoms with E-state index >= 15 is 0 Å². The maximum absolute atomic E-state index is 13.2. The number of hydrogen-bond acceptors (Lipinski definition) is 4. The molecule has 1 unspecified atom stereocenters. The van der Waals surface area contributed by atoms with Gasteiger partial charge in [0.05, 0.1) is 23.2 Å². The van der Waals surface area contributed by atoms with E-state index in [0.717, 1.165) is 31.2 Å². The minimum atomic E-state index is -0.295. The number of rotatable bonds is 6. The normalized spacial score (nSPS) is 20.1. The van der Waals surface area contributed by atoms with Gasteiger partial charge in [0.1, 0.15) is 12.4 Å². The van der Waals surface area contributed by atoms with Crippen LogP contribution >= 0.6 is 11.6 Å². The maximum atomic E-state index is 13.2. The van der Waals surface area contributed by atoms with Crippen LogP contribution in [0.2, 0.25) is 5.02 Å². The molecule has 0 spiro atoms. The number of amides is 3. The molecule has 2 aliphatic rings. The predicted molar refractivity (Wildman–Crippen MR) is 112 cm³/mol. The van der Waals surface area contributed by atoms with Crippen LogP contribution in [0, 0.1) is 12.8 Å². The van der Waals surface area contributed by atoms with Gasteiger partial charge in [0.2, 0.25) is 0 Å². The van der Waals surface area contributed by atoms with Crippen molar-refractivity contribution in [3.05, 3.63) is 34.5 Å². The van der Waals surface area contributed by atoms with E-state index in [-0.39, 0.29) is 37.1 Å². The van der Waals surface area contributed by atoms with Crippen LogP contribution in [0.3, 0.4) is 0 Å². The van der Waals surface area contributed by atoms with Gasteiger partial charge in [-0.1, -0.05) is 30.9 Å². The third kappa shape index (κ3) is 5.03. The smallest absolute Gasteiger partial charge is 0.321 e. The Morgan fingerprint density at radius 1 is 1.34 bits per heavy atom. The molecule has 0 saturated heterocycles. The first-order valence-electron chi connectivity index (χ1n) is 10.0. The molecule has 1 atom stereocenters. The maximum Gasteiger partial charge on any atom is 0.321 e. The van der Waals surface area contributed by atoms with E-state index in [1.54, 1.807) is 25.4 Å². The number of anilines is 1. The van der Waals surface area contributed by atoms with Crippen LogP contribution in [0.25, 0.3) is 0 Å². The van der Waals surface area contributed by atoms with Gasteiger partial charge in [-0.15, -0.1) is 0 Å². The highest BCUT2D eigenvalue weighted by Crippen LogP contribution is 2.34. The zero-order chi connectivity index (χ0) is 21.0. The number of carbonyl (C=O) groups excluding carboxylic acids is 2. The molecule has 1 aromatic carbocycles. The summed E-state index contributed by atoms with van der Waals surface area (Å²) in [6.45, 7) is 1.83. The molecule has 158 valence electrons. The molecule has 3 N–H and O–H groups in total. The quantitative estimate of drug-likeness (QED) is 0.656. The molecule has 0 radical (unpaired) electrons. The molecule has 1 aromatic rings. The van der Waals surface area contributed by atoms with E-state index in [2.05, 4.69) is 10.6 Å². The second kappa shape index (κ2) is 9.50. The van der Waals surface area contributed by atoms with Gasteiger partial charge in [-0.05, 0) is 37.3 Å². The Kier molecular flexibility index (Phi) is 7.03. The number of aryl methyl sites for hydroxylation is 1.